The summed E-state index contributed by atoms with van der Waals surface area (Å²) in [6, 6.07) is 7.28. The average molecular weight is 399 g/mol. The van der Waals surface area contributed by atoms with E-state index in [-0.39, 0.29) is 11.8 Å². The monoisotopic (exact) mass is 399 g/mol. The number of methoxy groups -OCH3 is 2. The van der Waals surface area contributed by atoms with Crippen LogP contribution in [-0.4, -0.2) is 48.3 Å². The van der Waals surface area contributed by atoms with Crippen LogP contribution in [0.3, 0.4) is 0 Å². The molecule has 2 aromatic heterocycles. The van der Waals surface area contributed by atoms with Gasteiger partial charge in [-0.05, 0) is 36.4 Å². The maximum absolute atomic E-state index is 13.1. The fourth-order valence-corrected chi connectivity index (χ4v) is 4.12. The van der Waals surface area contributed by atoms with Gasteiger partial charge in [-0.3, -0.25) is 4.79 Å². The number of carbonyl (C=O) groups excluding carboxylic acids is 1. The molecular weight excluding hydrogens is 378 g/mol. The Morgan fingerprint density at radius 2 is 2.14 bits per heavy atom. The molecule has 1 saturated heterocycles. The zero-order chi connectivity index (χ0) is 19.5. The number of hydrogen-bond acceptors (Lipinski definition) is 7. The lowest BCUT2D eigenvalue weighted by Crippen LogP contribution is -2.39. The average Bonchev–Trinajstić information content (AvgIpc) is 3.44. The highest BCUT2D eigenvalue weighted by Gasteiger charge is 2.30. The molecule has 0 bridgehead atoms. The standard InChI is InChI=1S/C20H21N3O4S/c1-25-16-7-3-6-15(17(16)26-2)20(24)23-9-4-5-13(11-23)18-21-22-19(27-18)14-8-10-28-12-14/h3,6-8,10,12-13H,4-5,9,11H2,1-2H3. The van der Waals surface area contributed by atoms with E-state index in [9.17, 15) is 4.79 Å². The minimum atomic E-state index is -0.0852. The number of thiophene rings is 1. The summed E-state index contributed by atoms with van der Waals surface area (Å²) in [5.41, 5.74) is 1.42. The van der Waals surface area contributed by atoms with Gasteiger partial charge in [0.05, 0.1) is 25.7 Å². The van der Waals surface area contributed by atoms with Crippen molar-refractivity contribution in [2.24, 2.45) is 0 Å². The molecule has 1 aliphatic heterocycles. The summed E-state index contributed by atoms with van der Waals surface area (Å²) in [5.74, 6) is 2.03. The van der Waals surface area contributed by atoms with Gasteiger partial charge < -0.3 is 18.8 Å². The lowest BCUT2D eigenvalue weighted by molar-refractivity contribution is 0.0694. The van der Waals surface area contributed by atoms with Crippen molar-refractivity contribution in [1.82, 2.24) is 15.1 Å². The first-order valence-electron chi connectivity index (χ1n) is 9.07. The largest absolute Gasteiger partial charge is 0.493 e. The number of ether oxygens (including phenoxy) is 2. The number of amides is 1. The van der Waals surface area contributed by atoms with Crippen LogP contribution < -0.4 is 9.47 Å². The molecule has 3 aromatic rings. The maximum Gasteiger partial charge on any atom is 0.257 e. The number of likely N-dealkylation sites (tertiary alicyclic amines) is 1. The van der Waals surface area contributed by atoms with Gasteiger partial charge in [-0.1, -0.05) is 6.07 Å². The number of aromatic nitrogens is 2. The molecule has 0 radical (unpaired) electrons. The molecule has 8 heteroatoms. The topological polar surface area (TPSA) is 77.7 Å². The molecule has 4 rings (SSSR count). The summed E-state index contributed by atoms with van der Waals surface area (Å²) in [5, 5.41) is 12.3. The van der Waals surface area contributed by atoms with E-state index in [4.69, 9.17) is 13.9 Å². The van der Waals surface area contributed by atoms with Crippen LogP contribution in [0.15, 0.2) is 39.4 Å². The number of carbonyl (C=O) groups is 1. The predicted octanol–water partition coefficient (Wildman–Crippen LogP) is 3.84. The van der Waals surface area contributed by atoms with E-state index >= 15 is 0 Å². The molecule has 7 nitrogen and oxygen atoms in total. The predicted molar refractivity (Wildman–Crippen MR) is 105 cm³/mol. The Hall–Kier alpha value is -2.87. The highest BCUT2D eigenvalue weighted by atomic mass is 32.1. The second-order valence-corrected chi connectivity index (χ2v) is 7.37. The van der Waals surface area contributed by atoms with Crippen LogP contribution in [-0.2, 0) is 0 Å². The smallest absolute Gasteiger partial charge is 0.257 e. The molecule has 1 fully saturated rings. The van der Waals surface area contributed by atoms with Gasteiger partial charge in [0.1, 0.15) is 0 Å². The molecular formula is C20H21N3O4S. The number of piperidine rings is 1. The van der Waals surface area contributed by atoms with Gasteiger partial charge in [-0.25, -0.2) is 0 Å². The van der Waals surface area contributed by atoms with Crippen molar-refractivity contribution in [2.75, 3.05) is 27.3 Å². The molecule has 0 spiro atoms. The van der Waals surface area contributed by atoms with Gasteiger partial charge in [0.15, 0.2) is 11.5 Å². The Kier molecular flexibility index (Phi) is 5.29. The molecule has 1 aromatic carbocycles. The van der Waals surface area contributed by atoms with Crippen LogP contribution in [0, 0.1) is 0 Å². The molecule has 0 saturated carbocycles. The van der Waals surface area contributed by atoms with Crippen molar-refractivity contribution in [3.63, 3.8) is 0 Å². The summed E-state index contributed by atoms with van der Waals surface area (Å²) in [6.45, 7) is 1.21. The van der Waals surface area contributed by atoms with Crippen molar-refractivity contribution in [1.29, 1.82) is 0 Å². The third kappa shape index (κ3) is 3.47. The SMILES string of the molecule is COc1cccc(C(=O)N2CCCC(c3nnc(-c4ccsc4)o3)C2)c1OC. The van der Waals surface area contributed by atoms with E-state index in [2.05, 4.69) is 10.2 Å². The van der Waals surface area contributed by atoms with Crippen LogP contribution >= 0.6 is 11.3 Å². The zero-order valence-corrected chi connectivity index (χ0v) is 16.6. The van der Waals surface area contributed by atoms with E-state index in [0.29, 0.717) is 41.9 Å². The van der Waals surface area contributed by atoms with Crippen molar-refractivity contribution in [3.05, 3.63) is 46.5 Å². The summed E-state index contributed by atoms with van der Waals surface area (Å²) < 4.78 is 16.6. The third-order valence-corrected chi connectivity index (χ3v) is 5.58. The number of benzene rings is 1. The van der Waals surface area contributed by atoms with Crippen LogP contribution in [0.4, 0.5) is 0 Å². The van der Waals surface area contributed by atoms with Crippen LogP contribution in [0.1, 0.15) is 35.0 Å². The molecule has 28 heavy (non-hydrogen) atoms. The Morgan fingerprint density at radius 1 is 1.25 bits per heavy atom. The molecule has 1 atom stereocenters. The fraction of sp³-hybridized carbons (Fsp3) is 0.350. The van der Waals surface area contributed by atoms with Gasteiger partial charge >= 0.3 is 0 Å². The summed E-state index contributed by atoms with van der Waals surface area (Å²) in [6.07, 6.45) is 1.78. The molecule has 1 amide bonds. The van der Waals surface area contributed by atoms with E-state index in [0.717, 1.165) is 18.4 Å². The summed E-state index contributed by atoms with van der Waals surface area (Å²) in [4.78, 5) is 15.0. The number of hydrogen-bond donors (Lipinski definition) is 0. The lowest BCUT2D eigenvalue weighted by atomic mass is 9.97. The van der Waals surface area contributed by atoms with Crippen LogP contribution in [0.2, 0.25) is 0 Å². The van der Waals surface area contributed by atoms with Crippen LogP contribution in [0.5, 0.6) is 11.5 Å². The number of para-hydroxylation sites is 1. The normalized spacial score (nSPS) is 16.8. The molecule has 3 heterocycles. The fourth-order valence-electron chi connectivity index (χ4n) is 3.49. The first kappa shape index (κ1) is 18.5. The van der Waals surface area contributed by atoms with Crippen molar-refractivity contribution >= 4 is 17.2 Å². The minimum Gasteiger partial charge on any atom is -0.493 e. The Balaban J connectivity index is 1.54. The van der Waals surface area contributed by atoms with Gasteiger partial charge in [-0.15, -0.1) is 10.2 Å². The van der Waals surface area contributed by atoms with E-state index in [1.54, 1.807) is 36.6 Å². The quantitative estimate of drug-likeness (QED) is 0.649. The second-order valence-electron chi connectivity index (χ2n) is 6.59. The van der Waals surface area contributed by atoms with Crippen LogP contribution in [0.25, 0.3) is 11.5 Å². The summed E-state index contributed by atoms with van der Waals surface area (Å²) in [7, 11) is 3.10. The molecule has 0 N–H and O–H groups in total. The van der Waals surface area contributed by atoms with E-state index in [1.807, 2.05) is 21.7 Å². The molecule has 1 aliphatic rings. The molecule has 146 valence electrons. The number of nitrogens with zero attached hydrogens (tertiary/aromatic N) is 3. The summed E-state index contributed by atoms with van der Waals surface area (Å²) >= 11 is 1.58. The molecule has 1 unspecified atom stereocenters. The van der Waals surface area contributed by atoms with Crippen molar-refractivity contribution < 1.29 is 18.7 Å². The Bertz CT molecular complexity index is 954. The van der Waals surface area contributed by atoms with E-state index in [1.165, 1.54) is 7.11 Å². The molecule has 0 aliphatic carbocycles. The maximum atomic E-state index is 13.1. The number of rotatable bonds is 5. The second kappa shape index (κ2) is 8.02. The van der Waals surface area contributed by atoms with Gasteiger partial charge in [0.2, 0.25) is 11.8 Å². The highest BCUT2D eigenvalue weighted by molar-refractivity contribution is 7.08. The Labute approximate surface area is 166 Å². The minimum absolute atomic E-state index is 0.0224. The van der Waals surface area contributed by atoms with E-state index < -0.39 is 0 Å². The highest BCUT2D eigenvalue weighted by Crippen LogP contribution is 2.34. The van der Waals surface area contributed by atoms with Gasteiger partial charge in [0, 0.05) is 24.0 Å². The third-order valence-electron chi connectivity index (χ3n) is 4.90. The van der Waals surface area contributed by atoms with Crippen molar-refractivity contribution in [3.8, 4) is 23.0 Å². The Morgan fingerprint density at radius 3 is 2.89 bits per heavy atom. The van der Waals surface area contributed by atoms with Gasteiger partial charge in [-0.2, -0.15) is 11.3 Å². The lowest BCUT2D eigenvalue weighted by Gasteiger charge is -2.31. The zero-order valence-electron chi connectivity index (χ0n) is 15.8. The first-order chi connectivity index (χ1) is 13.7. The van der Waals surface area contributed by atoms with Gasteiger partial charge in [0.25, 0.3) is 5.91 Å². The first-order valence-corrected chi connectivity index (χ1v) is 10.0. The van der Waals surface area contributed by atoms with Crippen molar-refractivity contribution in [2.45, 2.75) is 18.8 Å².